The number of amides is 1. The van der Waals surface area contributed by atoms with Gasteiger partial charge in [0.15, 0.2) is 5.57 Å². The molecular weight excluding hydrogens is 294 g/mol. The Bertz CT molecular complexity index is 601. The number of hydrogen-bond acceptors (Lipinski definition) is 5. The van der Waals surface area contributed by atoms with Gasteiger partial charge < -0.3 is 15.4 Å². The van der Waals surface area contributed by atoms with Crippen molar-refractivity contribution in [2.24, 2.45) is 0 Å². The Kier molecular flexibility index (Phi) is 7.94. The van der Waals surface area contributed by atoms with Crippen LogP contribution in [0.3, 0.4) is 0 Å². The quantitative estimate of drug-likeness (QED) is 0.333. The molecule has 0 aromatic heterocycles. The van der Waals surface area contributed by atoms with E-state index in [1.54, 1.807) is 37.3 Å². The second-order valence-corrected chi connectivity index (χ2v) is 4.72. The molecule has 0 aliphatic carbocycles. The zero-order valence-corrected chi connectivity index (χ0v) is 13.4. The van der Waals surface area contributed by atoms with Crippen LogP contribution in [0.15, 0.2) is 36.0 Å². The van der Waals surface area contributed by atoms with Crippen LogP contribution in [0.5, 0.6) is 0 Å². The van der Waals surface area contributed by atoms with Crippen LogP contribution in [0.1, 0.15) is 37.0 Å². The maximum absolute atomic E-state index is 11.9. The third-order valence-corrected chi connectivity index (χ3v) is 2.96. The lowest BCUT2D eigenvalue weighted by Crippen LogP contribution is -2.24. The molecule has 0 aliphatic heterocycles. The number of nitriles is 1. The van der Waals surface area contributed by atoms with E-state index >= 15 is 0 Å². The molecule has 1 rings (SSSR count). The van der Waals surface area contributed by atoms with E-state index in [4.69, 9.17) is 10.00 Å². The number of ether oxygens (including phenoxy) is 1. The summed E-state index contributed by atoms with van der Waals surface area (Å²) in [7, 11) is 0. The molecule has 0 saturated heterocycles. The van der Waals surface area contributed by atoms with Gasteiger partial charge in [-0.2, -0.15) is 5.26 Å². The molecule has 6 heteroatoms. The lowest BCUT2D eigenvalue weighted by molar-refractivity contribution is -0.138. The summed E-state index contributed by atoms with van der Waals surface area (Å²) in [5.41, 5.74) is 1.10. The summed E-state index contributed by atoms with van der Waals surface area (Å²) in [5, 5.41) is 14.6. The Hall–Kier alpha value is -2.81. The average molecular weight is 315 g/mol. The molecule has 0 atom stereocenters. The topological polar surface area (TPSA) is 91.2 Å². The summed E-state index contributed by atoms with van der Waals surface area (Å²) in [6, 6.07) is 8.52. The van der Waals surface area contributed by atoms with Gasteiger partial charge in [-0.15, -0.1) is 0 Å². The third kappa shape index (κ3) is 6.22. The number of anilines is 1. The van der Waals surface area contributed by atoms with Crippen molar-refractivity contribution < 1.29 is 14.3 Å². The van der Waals surface area contributed by atoms with Crippen molar-refractivity contribution in [2.45, 2.75) is 26.7 Å². The van der Waals surface area contributed by atoms with Gasteiger partial charge in [0.1, 0.15) is 6.07 Å². The Morgan fingerprint density at radius 1 is 1.26 bits per heavy atom. The predicted molar refractivity (Wildman–Crippen MR) is 87.6 cm³/mol. The number of carbonyl (C=O) groups is 2. The monoisotopic (exact) mass is 315 g/mol. The normalized spacial score (nSPS) is 10.6. The number of esters is 1. The summed E-state index contributed by atoms with van der Waals surface area (Å²) in [6.45, 7) is 4.60. The third-order valence-electron chi connectivity index (χ3n) is 2.96. The van der Waals surface area contributed by atoms with Crippen molar-refractivity contribution in [3.05, 3.63) is 41.6 Å². The van der Waals surface area contributed by atoms with Gasteiger partial charge in [-0.1, -0.05) is 13.3 Å². The second-order valence-electron chi connectivity index (χ2n) is 4.72. The maximum Gasteiger partial charge on any atom is 0.350 e. The fourth-order valence-corrected chi connectivity index (χ4v) is 1.70. The van der Waals surface area contributed by atoms with E-state index in [1.165, 1.54) is 6.20 Å². The van der Waals surface area contributed by atoms with Crippen molar-refractivity contribution in [1.29, 1.82) is 5.26 Å². The molecule has 2 N–H and O–H groups in total. The van der Waals surface area contributed by atoms with Crippen LogP contribution < -0.4 is 10.6 Å². The molecule has 0 bridgehead atoms. The summed E-state index contributed by atoms with van der Waals surface area (Å²) in [5.74, 6) is -0.792. The molecule has 0 fully saturated rings. The highest BCUT2D eigenvalue weighted by Crippen LogP contribution is 2.10. The van der Waals surface area contributed by atoms with E-state index in [0.717, 1.165) is 12.8 Å². The zero-order chi connectivity index (χ0) is 17.1. The number of nitrogens with zero attached hydrogens (tertiary/aromatic N) is 1. The van der Waals surface area contributed by atoms with Gasteiger partial charge in [-0.05, 0) is 37.6 Å². The largest absolute Gasteiger partial charge is 0.462 e. The predicted octanol–water partition coefficient (Wildman–Crippen LogP) is 2.60. The number of rotatable bonds is 8. The SMILES string of the molecule is CCCCNC(=O)c1ccc(N/C=C(/C#N)C(=O)OCC)cc1. The van der Waals surface area contributed by atoms with Gasteiger partial charge in [0, 0.05) is 24.0 Å². The van der Waals surface area contributed by atoms with Gasteiger partial charge in [0.25, 0.3) is 5.91 Å². The smallest absolute Gasteiger partial charge is 0.350 e. The van der Waals surface area contributed by atoms with Gasteiger partial charge >= 0.3 is 5.97 Å². The van der Waals surface area contributed by atoms with Crippen molar-refractivity contribution in [1.82, 2.24) is 5.32 Å². The van der Waals surface area contributed by atoms with Crippen LogP contribution in [0.25, 0.3) is 0 Å². The van der Waals surface area contributed by atoms with E-state index in [-0.39, 0.29) is 18.1 Å². The van der Waals surface area contributed by atoms with Gasteiger partial charge in [-0.3, -0.25) is 4.79 Å². The fraction of sp³-hybridized carbons (Fsp3) is 0.353. The van der Waals surface area contributed by atoms with Crippen molar-refractivity contribution in [2.75, 3.05) is 18.5 Å². The van der Waals surface area contributed by atoms with E-state index in [9.17, 15) is 9.59 Å². The highest BCUT2D eigenvalue weighted by atomic mass is 16.5. The molecule has 0 heterocycles. The summed E-state index contributed by atoms with van der Waals surface area (Å²) in [6.07, 6.45) is 3.26. The molecule has 1 aromatic carbocycles. The van der Waals surface area contributed by atoms with Gasteiger partial charge in [0.2, 0.25) is 0 Å². The minimum absolute atomic E-state index is 0.117. The Labute approximate surface area is 136 Å². The van der Waals surface area contributed by atoms with Crippen LogP contribution in [0.4, 0.5) is 5.69 Å². The van der Waals surface area contributed by atoms with E-state index in [1.807, 2.05) is 0 Å². The minimum atomic E-state index is -0.672. The number of nitrogens with one attached hydrogen (secondary N) is 2. The summed E-state index contributed by atoms with van der Waals surface area (Å²) in [4.78, 5) is 23.3. The van der Waals surface area contributed by atoms with Crippen molar-refractivity contribution >= 4 is 17.6 Å². The van der Waals surface area contributed by atoms with E-state index < -0.39 is 5.97 Å². The molecule has 0 spiro atoms. The molecule has 0 saturated carbocycles. The van der Waals surface area contributed by atoms with Crippen LogP contribution in [0.2, 0.25) is 0 Å². The first-order chi connectivity index (χ1) is 11.1. The molecule has 0 aliphatic rings. The first-order valence-corrected chi connectivity index (χ1v) is 7.54. The minimum Gasteiger partial charge on any atom is -0.462 e. The van der Waals surface area contributed by atoms with Crippen LogP contribution >= 0.6 is 0 Å². The molecular formula is C17H21N3O3. The van der Waals surface area contributed by atoms with Gasteiger partial charge in [-0.25, -0.2) is 4.79 Å². The average Bonchev–Trinajstić information content (AvgIpc) is 2.56. The van der Waals surface area contributed by atoms with Crippen LogP contribution in [0, 0.1) is 11.3 Å². The van der Waals surface area contributed by atoms with Gasteiger partial charge in [0.05, 0.1) is 6.61 Å². The first kappa shape index (κ1) is 18.2. The second kappa shape index (κ2) is 10.0. The number of carbonyl (C=O) groups excluding carboxylic acids is 2. The Morgan fingerprint density at radius 3 is 2.52 bits per heavy atom. The van der Waals surface area contributed by atoms with E-state index in [2.05, 4.69) is 17.6 Å². The Morgan fingerprint density at radius 2 is 1.96 bits per heavy atom. The van der Waals surface area contributed by atoms with E-state index in [0.29, 0.717) is 17.8 Å². The highest BCUT2D eigenvalue weighted by Gasteiger charge is 2.09. The Balaban J connectivity index is 2.65. The lowest BCUT2D eigenvalue weighted by Gasteiger charge is -2.06. The molecule has 0 radical (unpaired) electrons. The number of hydrogen-bond donors (Lipinski definition) is 2. The lowest BCUT2D eigenvalue weighted by atomic mass is 10.2. The molecule has 1 aromatic rings. The summed E-state index contributed by atoms with van der Waals surface area (Å²) >= 11 is 0. The zero-order valence-electron chi connectivity index (χ0n) is 13.4. The maximum atomic E-state index is 11.9. The van der Waals surface area contributed by atoms with Crippen molar-refractivity contribution in [3.8, 4) is 6.07 Å². The molecule has 0 unspecified atom stereocenters. The highest BCUT2D eigenvalue weighted by molar-refractivity contribution is 5.95. The number of benzene rings is 1. The molecule has 23 heavy (non-hydrogen) atoms. The fourth-order valence-electron chi connectivity index (χ4n) is 1.70. The van der Waals surface area contributed by atoms with Crippen molar-refractivity contribution in [3.63, 3.8) is 0 Å². The number of unbranched alkanes of at least 4 members (excludes halogenated alkanes) is 1. The molecule has 6 nitrogen and oxygen atoms in total. The summed E-state index contributed by atoms with van der Waals surface area (Å²) < 4.78 is 4.76. The van der Waals surface area contributed by atoms with Crippen LogP contribution in [-0.2, 0) is 9.53 Å². The molecule has 1 amide bonds. The van der Waals surface area contributed by atoms with Crippen LogP contribution in [-0.4, -0.2) is 25.0 Å². The first-order valence-electron chi connectivity index (χ1n) is 7.54. The molecule has 122 valence electrons. The standard InChI is InChI=1S/C17H21N3O3/c1-3-5-10-19-16(21)13-6-8-15(9-7-13)20-12-14(11-18)17(22)23-4-2/h6-9,12,20H,3-5,10H2,1-2H3,(H,19,21)/b14-12-.